The Morgan fingerprint density at radius 1 is 1.45 bits per heavy atom. The molecule has 11 heavy (non-hydrogen) atoms. The van der Waals surface area contributed by atoms with E-state index >= 15 is 0 Å². The zero-order chi connectivity index (χ0) is 8.91. The lowest BCUT2D eigenvalue weighted by Gasteiger charge is -2.15. The summed E-state index contributed by atoms with van der Waals surface area (Å²) in [5, 5.41) is 2.12. The second kappa shape index (κ2) is 4.66. The van der Waals surface area contributed by atoms with Gasteiger partial charge in [-0.15, -0.1) is 11.8 Å². The van der Waals surface area contributed by atoms with E-state index in [4.69, 9.17) is 0 Å². The summed E-state index contributed by atoms with van der Waals surface area (Å²) in [6.45, 7) is 12.5. The molecule has 0 rings (SSSR count). The summed E-state index contributed by atoms with van der Waals surface area (Å²) in [6.07, 6.45) is 2.05. The highest BCUT2D eigenvalue weighted by Crippen LogP contribution is 2.21. The lowest BCUT2D eigenvalue weighted by Crippen LogP contribution is -2.07. The van der Waals surface area contributed by atoms with Crippen LogP contribution in [0.4, 0.5) is 0 Å². The molecule has 0 bridgehead atoms. The van der Waals surface area contributed by atoms with Crippen molar-refractivity contribution in [3.63, 3.8) is 0 Å². The summed E-state index contributed by atoms with van der Waals surface area (Å²) in [7, 11) is 0. The topological polar surface area (TPSA) is 0 Å². The van der Waals surface area contributed by atoms with E-state index in [0.29, 0.717) is 5.41 Å². The number of hydrogen-bond donors (Lipinski definition) is 0. The summed E-state index contributed by atoms with van der Waals surface area (Å²) >= 11 is 1.85. The van der Waals surface area contributed by atoms with Crippen LogP contribution >= 0.6 is 11.8 Å². The Kier molecular flexibility index (Phi) is 4.58. The molecule has 64 valence electrons. The summed E-state index contributed by atoms with van der Waals surface area (Å²) in [6, 6.07) is 0. The average molecular weight is 170 g/mol. The fourth-order valence-electron chi connectivity index (χ4n) is 0.462. The fraction of sp³-hybridized carbons (Fsp3) is 0.600. The molecule has 0 aliphatic carbocycles. The first-order valence-corrected chi connectivity index (χ1v) is 4.90. The molecule has 0 aromatic heterocycles. The van der Waals surface area contributed by atoms with Gasteiger partial charge in [0.05, 0.1) is 0 Å². The van der Waals surface area contributed by atoms with Crippen LogP contribution in [0.3, 0.4) is 0 Å². The molecule has 0 radical (unpaired) electrons. The Morgan fingerprint density at radius 2 is 2.00 bits per heavy atom. The Balaban J connectivity index is 3.50. The highest BCUT2D eigenvalue weighted by Gasteiger charge is 2.07. The number of rotatable bonds is 3. The van der Waals surface area contributed by atoms with Crippen molar-refractivity contribution in [1.29, 1.82) is 0 Å². The van der Waals surface area contributed by atoms with Gasteiger partial charge in [0.1, 0.15) is 0 Å². The van der Waals surface area contributed by atoms with Gasteiger partial charge in [-0.3, -0.25) is 0 Å². The number of thioether (sulfide) groups is 1. The van der Waals surface area contributed by atoms with Gasteiger partial charge in [0.2, 0.25) is 0 Å². The monoisotopic (exact) mass is 170 g/mol. The summed E-state index contributed by atoms with van der Waals surface area (Å²) in [5.74, 6) is 1.16. The minimum Gasteiger partial charge on any atom is -0.134 e. The van der Waals surface area contributed by atoms with Crippen LogP contribution in [-0.2, 0) is 0 Å². The first kappa shape index (κ1) is 10.8. The number of allylic oxidation sites excluding steroid dienone is 2. The van der Waals surface area contributed by atoms with E-state index in [9.17, 15) is 0 Å². The second-order valence-electron chi connectivity index (χ2n) is 4.02. The predicted molar refractivity (Wildman–Crippen MR) is 55.9 cm³/mol. The van der Waals surface area contributed by atoms with Gasteiger partial charge in [-0.25, -0.2) is 0 Å². The Morgan fingerprint density at radius 3 is 2.36 bits per heavy atom. The minimum absolute atomic E-state index is 0.421. The molecule has 0 amide bonds. The van der Waals surface area contributed by atoms with Crippen molar-refractivity contribution in [2.75, 3.05) is 5.75 Å². The maximum atomic E-state index is 3.79. The molecule has 0 aromatic rings. The van der Waals surface area contributed by atoms with E-state index < -0.39 is 0 Å². The van der Waals surface area contributed by atoms with Gasteiger partial charge >= 0.3 is 0 Å². The van der Waals surface area contributed by atoms with Crippen LogP contribution in [0.1, 0.15) is 27.7 Å². The molecule has 0 atom stereocenters. The average Bonchev–Trinajstić information content (AvgIpc) is 1.78. The molecule has 0 heterocycles. The van der Waals surface area contributed by atoms with Gasteiger partial charge in [0, 0.05) is 5.75 Å². The van der Waals surface area contributed by atoms with Gasteiger partial charge < -0.3 is 0 Å². The van der Waals surface area contributed by atoms with Crippen LogP contribution in [0.25, 0.3) is 0 Å². The van der Waals surface area contributed by atoms with Gasteiger partial charge in [-0.1, -0.05) is 39.0 Å². The Labute approximate surface area is 74.8 Å². The fourth-order valence-corrected chi connectivity index (χ4v) is 1.39. The van der Waals surface area contributed by atoms with E-state index in [-0.39, 0.29) is 0 Å². The molecule has 0 aliphatic rings. The van der Waals surface area contributed by atoms with Crippen molar-refractivity contribution in [3.8, 4) is 0 Å². The first-order chi connectivity index (χ1) is 4.92. The molecule has 0 unspecified atom stereocenters. The molecule has 0 fully saturated rings. The molecule has 0 N–H and O–H groups in total. The molecule has 0 saturated heterocycles. The second-order valence-corrected chi connectivity index (χ2v) is 4.91. The van der Waals surface area contributed by atoms with Gasteiger partial charge in [-0.05, 0) is 17.7 Å². The zero-order valence-corrected chi connectivity index (χ0v) is 8.79. The quantitative estimate of drug-likeness (QED) is 0.580. The van der Waals surface area contributed by atoms with Gasteiger partial charge in [0.25, 0.3) is 0 Å². The molecular formula is C10H18S. The predicted octanol–water partition coefficient (Wildman–Crippen LogP) is 3.86. The highest BCUT2D eigenvalue weighted by atomic mass is 32.2. The lowest BCUT2D eigenvalue weighted by molar-refractivity contribution is 0.481. The Hall–Kier alpha value is -0.170. The lowest BCUT2D eigenvalue weighted by atomic mass is 10.0. The molecule has 0 aromatic carbocycles. The van der Waals surface area contributed by atoms with Crippen molar-refractivity contribution in [3.05, 3.63) is 23.6 Å². The van der Waals surface area contributed by atoms with Crippen molar-refractivity contribution in [2.24, 2.45) is 5.41 Å². The van der Waals surface area contributed by atoms with E-state index in [1.807, 2.05) is 18.7 Å². The smallest absolute Gasteiger partial charge is 0.00228 e. The largest absolute Gasteiger partial charge is 0.134 e. The van der Waals surface area contributed by atoms with Crippen LogP contribution < -0.4 is 0 Å². The van der Waals surface area contributed by atoms with E-state index in [2.05, 4.69) is 38.8 Å². The standard InChI is InChI=1S/C10H18S/c1-9(2)6-7-11-8-10(3,4)5/h6-7H,1,8H2,2-5H3/b7-6+. The van der Waals surface area contributed by atoms with Crippen LogP contribution in [0, 0.1) is 5.41 Å². The molecule has 1 heteroatoms. The molecule has 0 spiro atoms. The van der Waals surface area contributed by atoms with E-state index in [0.717, 1.165) is 11.3 Å². The van der Waals surface area contributed by atoms with Crippen molar-refractivity contribution >= 4 is 11.8 Å². The van der Waals surface area contributed by atoms with E-state index in [1.165, 1.54) is 0 Å². The first-order valence-electron chi connectivity index (χ1n) is 3.85. The summed E-state index contributed by atoms with van der Waals surface area (Å²) < 4.78 is 0. The van der Waals surface area contributed by atoms with Crippen molar-refractivity contribution in [2.45, 2.75) is 27.7 Å². The highest BCUT2D eigenvalue weighted by molar-refractivity contribution is 8.02. The SMILES string of the molecule is C=C(C)/C=C/SCC(C)(C)C. The molecule has 0 aliphatic heterocycles. The van der Waals surface area contributed by atoms with Crippen molar-refractivity contribution in [1.82, 2.24) is 0 Å². The van der Waals surface area contributed by atoms with Crippen LogP contribution in [0.5, 0.6) is 0 Å². The Bertz CT molecular complexity index is 149. The molecule has 0 saturated carbocycles. The number of hydrogen-bond acceptors (Lipinski definition) is 1. The molecule has 0 nitrogen and oxygen atoms in total. The summed E-state index contributed by atoms with van der Waals surface area (Å²) in [4.78, 5) is 0. The third-order valence-corrected chi connectivity index (χ3v) is 2.33. The third kappa shape index (κ3) is 9.83. The summed E-state index contributed by atoms with van der Waals surface area (Å²) in [5.41, 5.74) is 1.54. The van der Waals surface area contributed by atoms with E-state index in [1.54, 1.807) is 0 Å². The van der Waals surface area contributed by atoms with Crippen LogP contribution in [-0.4, -0.2) is 5.75 Å². The zero-order valence-electron chi connectivity index (χ0n) is 7.98. The molecular weight excluding hydrogens is 152 g/mol. The van der Waals surface area contributed by atoms with Gasteiger partial charge in [0.15, 0.2) is 0 Å². The van der Waals surface area contributed by atoms with Crippen LogP contribution in [0.2, 0.25) is 0 Å². The maximum Gasteiger partial charge on any atom is 0.00228 e. The van der Waals surface area contributed by atoms with Crippen molar-refractivity contribution < 1.29 is 0 Å². The van der Waals surface area contributed by atoms with Crippen LogP contribution in [0.15, 0.2) is 23.6 Å². The van der Waals surface area contributed by atoms with Gasteiger partial charge in [-0.2, -0.15) is 0 Å². The normalized spacial score (nSPS) is 12.4. The third-order valence-electron chi connectivity index (χ3n) is 0.965. The maximum absolute atomic E-state index is 3.79. The minimum atomic E-state index is 0.421.